The molecular formula is C17H21NO3. The maximum atomic E-state index is 12.1. The smallest absolute Gasteiger partial charge is 0.308 e. The zero-order valence-electron chi connectivity index (χ0n) is 12.1. The molecule has 2 rings (SSSR count). The normalized spacial score (nSPS) is 18.9. The Morgan fingerprint density at radius 3 is 2.76 bits per heavy atom. The van der Waals surface area contributed by atoms with Gasteiger partial charge in [-0.1, -0.05) is 42.5 Å². The van der Waals surface area contributed by atoms with Crippen molar-refractivity contribution in [1.82, 2.24) is 4.90 Å². The number of aliphatic carboxylic acids is 1. The molecule has 1 N–H and O–H groups in total. The van der Waals surface area contributed by atoms with Gasteiger partial charge in [0.05, 0.1) is 5.92 Å². The molecule has 1 atom stereocenters. The summed E-state index contributed by atoms with van der Waals surface area (Å²) >= 11 is 0. The van der Waals surface area contributed by atoms with Crippen molar-refractivity contribution in [3.63, 3.8) is 0 Å². The Balaban J connectivity index is 1.77. The zero-order chi connectivity index (χ0) is 15.1. The number of carbonyl (C=O) groups is 2. The predicted octanol–water partition coefficient (Wildman–Crippen LogP) is 2.80. The third-order valence-electron chi connectivity index (χ3n) is 3.76. The highest BCUT2D eigenvalue weighted by Crippen LogP contribution is 2.17. The van der Waals surface area contributed by atoms with Crippen molar-refractivity contribution in [1.29, 1.82) is 0 Å². The van der Waals surface area contributed by atoms with E-state index in [0.717, 1.165) is 12.0 Å². The number of hydrogen-bond donors (Lipinski definition) is 1. The van der Waals surface area contributed by atoms with Crippen LogP contribution in [0.4, 0.5) is 0 Å². The first-order valence-corrected chi connectivity index (χ1v) is 7.39. The van der Waals surface area contributed by atoms with E-state index in [0.29, 0.717) is 32.4 Å². The van der Waals surface area contributed by atoms with Crippen molar-refractivity contribution in [3.05, 3.63) is 42.0 Å². The van der Waals surface area contributed by atoms with Crippen molar-refractivity contribution in [2.45, 2.75) is 25.7 Å². The van der Waals surface area contributed by atoms with Gasteiger partial charge in [-0.05, 0) is 24.8 Å². The van der Waals surface area contributed by atoms with Crippen LogP contribution in [0.5, 0.6) is 0 Å². The molecule has 0 saturated carbocycles. The summed E-state index contributed by atoms with van der Waals surface area (Å²) in [6.07, 6.45) is 6.57. The number of carboxylic acids is 1. The Morgan fingerprint density at radius 2 is 2.05 bits per heavy atom. The van der Waals surface area contributed by atoms with Crippen LogP contribution >= 0.6 is 0 Å². The highest BCUT2D eigenvalue weighted by Gasteiger charge is 2.27. The van der Waals surface area contributed by atoms with Crippen LogP contribution in [0, 0.1) is 5.92 Å². The van der Waals surface area contributed by atoms with Gasteiger partial charge in [-0.25, -0.2) is 0 Å². The van der Waals surface area contributed by atoms with Crippen LogP contribution in [0.15, 0.2) is 36.4 Å². The fourth-order valence-corrected chi connectivity index (χ4v) is 2.55. The van der Waals surface area contributed by atoms with Gasteiger partial charge in [-0.2, -0.15) is 0 Å². The summed E-state index contributed by atoms with van der Waals surface area (Å²) < 4.78 is 0. The Bertz CT molecular complexity index is 510. The van der Waals surface area contributed by atoms with Gasteiger partial charge >= 0.3 is 5.97 Å². The van der Waals surface area contributed by atoms with Crippen LogP contribution < -0.4 is 0 Å². The molecule has 0 aliphatic carbocycles. The van der Waals surface area contributed by atoms with Crippen LogP contribution in [0.2, 0.25) is 0 Å². The van der Waals surface area contributed by atoms with Gasteiger partial charge in [0.25, 0.3) is 0 Å². The molecule has 1 fully saturated rings. The van der Waals surface area contributed by atoms with Gasteiger partial charge in [0, 0.05) is 19.5 Å². The zero-order valence-corrected chi connectivity index (χ0v) is 12.1. The van der Waals surface area contributed by atoms with Gasteiger partial charge in [-0.3, -0.25) is 9.59 Å². The quantitative estimate of drug-likeness (QED) is 0.906. The van der Waals surface area contributed by atoms with Gasteiger partial charge in [0.1, 0.15) is 0 Å². The molecule has 1 aliphatic rings. The maximum absolute atomic E-state index is 12.1. The molecule has 1 aromatic rings. The molecule has 21 heavy (non-hydrogen) atoms. The van der Waals surface area contributed by atoms with E-state index < -0.39 is 11.9 Å². The molecule has 4 heteroatoms. The van der Waals surface area contributed by atoms with Crippen LogP contribution in [0.3, 0.4) is 0 Å². The van der Waals surface area contributed by atoms with E-state index >= 15 is 0 Å². The Kier molecular flexibility index (Phi) is 5.55. The molecule has 1 amide bonds. The number of allylic oxidation sites excluding steroid dienone is 1. The maximum Gasteiger partial charge on any atom is 0.308 e. The lowest BCUT2D eigenvalue weighted by atomic mass is 9.98. The van der Waals surface area contributed by atoms with Crippen molar-refractivity contribution in [2.24, 2.45) is 5.92 Å². The van der Waals surface area contributed by atoms with E-state index in [9.17, 15) is 9.59 Å². The number of carboxylic acid groups (broad SMARTS) is 1. The minimum Gasteiger partial charge on any atom is -0.481 e. The lowest BCUT2D eigenvalue weighted by molar-refractivity contribution is -0.145. The van der Waals surface area contributed by atoms with Crippen LogP contribution in [0.1, 0.15) is 31.2 Å². The van der Waals surface area contributed by atoms with Crippen molar-refractivity contribution < 1.29 is 14.7 Å². The Hall–Kier alpha value is -2.10. The topological polar surface area (TPSA) is 57.6 Å². The summed E-state index contributed by atoms with van der Waals surface area (Å²) in [5.74, 6) is -1.14. The monoisotopic (exact) mass is 287 g/mol. The number of rotatable bonds is 5. The highest BCUT2D eigenvalue weighted by atomic mass is 16.4. The lowest BCUT2D eigenvalue weighted by Crippen LogP contribution is -2.42. The van der Waals surface area contributed by atoms with Crippen LogP contribution in [-0.2, 0) is 9.59 Å². The summed E-state index contributed by atoms with van der Waals surface area (Å²) in [6.45, 7) is 1.04. The Morgan fingerprint density at radius 1 is 1.29 bits per heavy atom. The van der Waals surface area contributed by atoms with Crippen molar-refractivity contribution >= 4 is 18.0 Å². The van der Waals surface area contributed by atoms with Crippen molar-refractivity contribution in [3.8, 4) is 0 Å². The standard InChI is InChI=1S/C17H21NO3/c19-16(18-12-6-10-15(13-18)17(20)21)11-5-4-9-14-7-2-1-3-8-14/h1-4,7-9,15H,5-6,10-13H2,(H,20,21)/b9-4+. The first-order valence-electron chi connectivity index (χ1n) is 7.39. The lowest BCUT2D eigenvalue weighted by Gasteiger charge is -2.30. The number of piperidine rings is 1. The SMILES string of the molecule is O=C(O)C1CCCN(C(=O)CC/C=C/c2ccccc2)C1. The summed E-state index contributed by atoms with van der Waals surface area (Å²) in [6, 6.07) is 9.95. The number of nitrogens with zero attached hydrogens (tertiary/aromatic N) is 1. The summed E-state index contributed by atoms with van der Waals surface area (Å²) in [7, 11) is 0. The van der Waals surface area contributed by atoms with Gasteiger partial charge in [0.2, 0.25) is 5.91 Å². The molecule has 1 heterocycles. The molecule has 0 bridgehead atoms. The minimum absolute atomic E-state index is 0.0543. The molecule has 1 aliphatic heterocycles. The second-order valence-corrected chi connectivity index (χ2v) is 5.37. The third-order valence-corrected chi connectivity index (χ3v) is 3.76. The van der Waals surface area contributed by atoms with Crippen molar-refractivity contribution in [2.75, 3.05) is 13.1 Å². The first-order chi connectivity index (χ1) is 10.2. The third kappa shape index (κ3) is 4.74. The van der Waals surface area contributed by atoms with E-state index in [1.807, 2.05) is 42.5 Å². The fraction of sp³-hybridized carbons (Fsp3) is 0.412. The highest BCUT2D eigenvalue weighted by molar-refractivity contribution is 5.78. The molecular weight excluding hydrogens is 266 g/mol. The number of hydrogen-bond acceptors (Lipinski definition) is 2. The van der Waals surface area contributed by atoms with Gasteiger partial charge in [-0.15, -0.1) is 0 Å². The summed E-state index contributed by atoms with van der Waals surface area (Å²) in [4.78, 5) is 24.8. The Labute approximate surface area is 125 Å². The predicted molar refractivity (Wildman–Crippen MR) is 81.6 cm³/mol. The van der Waals surface area contributed by atoms with E-state index in [2.05, 4.69) is 0 Å². The first kappa shape index (κ1) is 15.3. The van der Waals surface area contributed by atoms with E-state index in [1.165, 1.54) is 0 Å². The fourth-order valence-electron chi connectivity index (χ4n) is 2.55. The average molecular weight is 287 g/mol. The van der Waals surface area contributed by atoms with E-state index in [4.69, 9.17) is 5.11 Å². The molecule has 1 aromatic carbocycles. The van der Waals surface area contributed by atoms with E-state index in [-0.39, 0.29) is 5.91 Å². The molecule has 4 nitrogen and oxygen atoms in total. The molecule has 112 valence electrons. The van der Waals surface area contributed by atoms with Gasteiger partial charge in [0.15, 0.2) is 0 Å². The minimum atomic E-state index is -0.795. The second kappa shape index (κ2) is 7.62. The van der Waals surface area contributed by atoms with Gasteiger partial charge < -0.3 is 10.0 Å². The second-order valence-electron chi connectivity index (χ2n) is 5.37. The average Bonchev–Trinajstić information content (AvgIpc) is 2.52. The van der Waals surface area contributed by atoms with Crippen LogP contribution in [-0.4, -0.2) is 35.0 Å². The molecule has 0 radical (unpaired) electrons. The number of amides is 1. The van der Waals surface area contributed by atoms with Crippen LogP contribution in [0.25, 0.3) is 6.08 Å². The number of likely N-dealkylation sites (tertiary alicyclic amines) is 1. The number of benzene rings is 1. The number of carbonyl (C=O) groups excluding carboxylic acids is 1. The summed E-state index contributed by atoms with van der Waals surface area (Å²) in [5.41, 5.74) is 1.12. The molecule has 1 unspecified atom stereocenters. The molecule has 0 spiro atoms. The summed E-state index contributed by atoms with van der Waals surface area (Å²) in [5, 5.41) is 9.03. The molecule has 1 saturated heterocycles. The largest absolute Gasteiger partial charge is 0.481 e. The van der Waals surface area contributed by atoms with E-state index in [1.54, 1.807) is 4.90 Å². The molecule has 0 aromatic heterocycles.